The van der Waals surface area contributed by atoms with Crippen LogP contribution in [0.1, 0.15) is 25.7 Å². The highest BCUT2D eigenvalue weighted by atomic mass is 35.5. The summed E-state index contributed by atoms with van der Waals surface area (Å²) in [6.07, 6.45) is 1.65. The number of rotatable bonds is 8. The minimum Gasteiger partial charge on any atom is -0.355 e. The molecule has 156 valence electrons. The number of amides is 2. The van der Waals surface area contributed by atoms with Crippen LogP contribution in [0.5, 0.6) is 0 Å². The van der Waals surface area contributed by atoms with E-state index in [1.165, 1.54) is 0 Å². The predicted octanol–water partition coefficient (Wildman–Crippen LogP) is 1.99. The van der Waals surface area contributed by atoms with Gasteiger partial charge < -0.3 is 14.7 Å². The summed E-state index contributed by atoms with van der Waals surface area (Å²) in [5.74, 6) is 1.03. The molecule has 1 aromatic carbocycles. The Labute approximate surface area is 175 Å². The fraction of sp³-hybridized carbons (Fsp3) is 0.500. The van der Waals surface area contributed by atoms with E-state index in [1.807, 2.05) is 24.0 Å². The van der Waals surface area contributed by atoms with E-state index in [2.05, 4.69) is 20.4 Å². The normalized spacial score (nSPS) is 14.8. The van der Waals surface area contributed by atoms with Crippen molar-refractivity contribution in [2.45, 2.75) is 26.2 Å². The Bertz CT molecular complexity index is 816. The molecule has 0 radical (unpaired) electrons. The molecule has 9 heteroatoms. The van der Waals surface area contributed by atoms with Crippen LogP contribution >= 0.6 is 11.6 Å². The molecule has 0 unspecified atom stereocenters. The summed E-state index contributed by atoms with van der Waals surface area (Å²) < 4.78 is 5.26. The first-order valence-electron chi connectivity index (χ1n) is 9.90. The molecule has 0 aliphatic carbocycles. The zero-order valence-corrected chi connectivity index (χ0v) is 17.3. The molecule has 2 heterocycles. The Morgan fingerprint density at radius 3 is 2.59 bits per heavy atom. The third-order valence-electron chi connectivity index (χ3n) is 4.79. The Balaban J connectivity index is 1.41. The maximum absolute atomic E-state index is 12.5. The molecule has 1 aliphatic rings. The maximum Gasteiger partial charge on any atom is 0.234 e. The van der Waals surface area contributed by atoms with E-state index in [4.69, 9.17) is 16.1 Å². The summed E-state index contributed by atoms with van der Waals surface area (Å²) in [4.78, 5) is 32.5. The van der Waals surface area contributed by atoms with Gasteiger partial charge in [0, 0.05) is 56.2 Å². The van der Waals surface area contributed by atoms with Crippen LogP contribution in [0.3, 0.4) is 0 Å². The fourth-order valence-electron chi connectivity index (χ4n) is 3.12. The number of piperazine rings is 1. The fourth-order valence-corrected chi connectivity index (χ4v) is 3.25. The topological polar surface area (TPSA) is 91.6 Å². The molecule has 0 atom stereocenters. The van der Waals surface area contributed by atoms with Gasteiger partial charge in [0.2, 0.25) is 23.5 Å². The van der Waals surface area contributed by atoms with E-state index in [9.17, 15) is 9.59 Å². The Morgan fingerprint density at radius 1 is 1.17 bits per heavy atom. The number of aryl methyl sites for hydroxylation is 1. The molecule has 29 heavy (non-hydrogen) atoms. The minimum atomic E-state index is 0.0412. The monoisotopic (exact) mass is 419 g/mol. The summed E-state index contributed by atoms with van der Waals surface area (Å²) in [5.41, 5.74) is 0.815. The lowest BCUT2D eigenvalue weighted by atomic mass is 10.2. The van der Waals surface area contributed by atoms with E-state index in [0.717, 1.165) is 12.0 Å². The minimum absolute atomic E-state index is 0.0412. The number of nitrogens with zero attached hydrogens (tertiary/aromatic N) is 4. The van der Waals surface area contributed by atoms with Crippen LogP contribution < -0.4 is 5.32 Å². The number of benzene rings is 1. The second-order valence-electron chi connectivity index (χ2n) is 7.03. The van der Waals surface area contributed by atoms with Gasteiger partial charge in [-0.05, 0) is 30.7 Å². The van der Waals surface area contributed by atoms with Gasteiger partial charge in [0.25, 0.3) is 0 Å². The molecule has 1 aliphatic heterocycles. The van der Waals surface area contributed by atoms with Crippen LogP contribution in [0, 0.1) is 0 Å². The average molecular weight is 420 g/mol. The number of aromatic nitrogens is 2. The van der Waals surface area contributed by atoms with Crippen molar-refractivity contribution in [3.63, 3.8) is 0 Å². The summed E-state index contributed by atoms with van der Waals surface area (Å²) in [7, 11) is 0. The van der Waals surface area contributed by atoms with Crippen molar-refractivity contribution >= 4 is 23.4 Å². The lowest BCUT2D eigenvalue weighted by Gasteiger charge is -2.34. The van der Waals surface area contributed by atoms with Gasteiger partial charge >= 0.3 is 0 Å². The van der Waals surface area contributed by atoms with Gasteiger partial charge in [-0.3, -0.25) is 14.5 Å². The van der Waals surface area contributed by atoms with E-state index < -0.39 is 0 Å². The Kier molecular flexibility index (Phi) is 7.60. The zero-order valence-electron chi connectivity index (χ0n) is 16.6. The standard InChI is InChI=1S/C20H26ClN5O3/c1-2-9-22-17(27)14-25-10-12-26(13-11-25)19(28)8-7-18-23-20(24-29-18)15-3-5-16(21)6-4-15/h3-6H,2,7-14H2,1H3,(H,22,27). The van der Waals surface area contributed by atoms with Crippen LogP contribution in [0.2, 0.25) is 5.02 Å². The van der Waals surface area contributed by atoms with Crippen molar-refractivity contribution < 1.29 is 14.1 Å². The van der Waals surface area contributed by atoms with Crippen molar-refractivity contribution in [2.75, 3.05) is 39.3 Å². The lowest BCUT2D eigenvalue weighted by Crippen LogP contribution is -2.51. The van der Waals surface area contributed by atoms with Crippen molar-refractivity contribution in [1.29, 1.82) is 0 Å². The summed E-state index contributed by atoms with van der Waals surface area (Å²) >= 11 is 5.89. The number of carbonyl (C=O) groups is 2. The number of carbonyl (C=O) groups excluding carboxylic acids is 2. The number of halogens is 1. The maximum atomic E-state index is 12.5. The van der Waals surface area contributed by atoms with Gasteiger partial charge in [-0.2, -0.15) is 4.98 Å². The second-order valence-corrected chi connectivity index (χ2v) is 7.46. The predicted molar refractivity (Wildman–Crippen MR) is 109 cm³/mol. The van der Waals surface area contributed by atoms with E-state index >= 15 is 0 Å². The van der Waals surface area contributed by atoms with Crippen molar-refractivity contribution in [1.82, 2.24) is 25.3 Å². The molecule has 1 N–H and O–H groups in total. The largest absolute Gasteiger partial charge is 0.355 e. The number of hydrogen-bond acceptors (Lipinski definition) is 6. The first kappa shape index (κ1) is 21.3. The molecule has 0 bridgehead atoms. The van der Waals surface area contributed by atoms with Gasteiger partial charge in [0.15, 0.2) is 0 Å². The van der Waals surface area contributed by atoms with E-state index in [1.54, 1.807) is 12.1 Å². The molecule has 1 fully saturated rings. The molecular formula is C20H26ClN5O3. The molecule has 8 nitrogen and oxygen atoms in total. The molecule has 1 aromatic heterocycles. The smallest absolute Gasteiger partial charge is 0.234 e. The van der Waals surface area contributed by atoms with E-state index in [0.29, 0.717) is 68.8 Å². The van der Waals surface area contributed by atoms with Crippen molar-refractivity contribution in [2.24, 2.45) is 0 Å². The molecular weight excluding hydrogens is 394 g/mol. The molecule has 2 amide bonds. The summed E-state index contributed by atoms with van der Waals surface area (Å²) in [6.45, 7) is 5.76. The first-order chi connectivity index (χ1) is 14.0. The van der Waals surface area contributed by atoms with Gasteiger partial charge in [-0.25, -0.2) is 0 Å². The van der Waals surface area contributed by atoms with Crippen LogP contribution in [0.4, 0.5) is 0 Å². The van der Waals surface area contributed by atoms with Crippen molar-refractivity contribution in [3.05, 3.63) is 35.2 Å². The first-order valence-corrected chi connectivity index (χ1v) is 10.3. The van der Waals surface area contributed by atoms with Gasteiger partial charge in [0.05, 0.1) is 6.54 Å². The highest BCUT2D eigenvalue weighted by Crippen LogP contribution is 2.19. The SMILES string of the molecule is CCCNC(=O)CN1CCN(C(=O)CCc2nc(-c3ccc(Cl)cc3)no2)CC1. The van der Waals surface area contributed by atoms with Gasteiger partial charge in [-0.15, -0.1) is 0 Å². The highest BCUT2D eigenvalue weighted by Gasteiger charge is 2.22. The molecule has 1 saturated heterocycles. The quantitative estimate of drug-likeness (QED) is 0.703. The summed E-state index contributed by atoms with van der Waals surface area (Å²) in [6, 6.07) is 7.18. The zero-order chi connectivity index (χ0) is 20.6. The van der Waals surface area contributed by atoms with Crippen LogP contribution in [0.25, 0.3) is 11.4 Å². The van der Waals surface area contributed by atoms with Gasteiger partial charge in [0.1, 0.15) is 0 Å². The van der Waals surface area contributed by atoms with Gasteiger partial charge in [-0.1, -0.05) is 23.7 Å². The third-order valence-corrected chi connectivity index (χ3v) is 5.04. The van der Waals surface area contributed by atoms with Crippen LogP contribution in [-0.2, 0) is 16.0 Å². The summed E-state index contributed by atoms with van der Waals surface area (Å²) in [5, 5.41) is 7.49. The van der Waals surface area contributed by atoms with E-state index in [-0.39, 0.29) is 11.8 Å². The van der Waals surface area contributed by atoms with Crippen molar-refractivity contribution in [3.8, 4) is 11.4 Å². The molecule has 0 spiro atoms. The Morgan fingerprint density at radius 2 is 1.90 bits per heavy atom. The molecule has 0 saturated carbocycles. The average Bonchev–Trinajstić information content (AvgIpc) is 3.20. The molecule has 3 rings (SSSR count). The Hall–Kier alpha value is -2.45. The third kappa shape index (κ3) is 6.27. The number of nitrogens with one attached hydrogen (secondary N) is 1. The van der Waals surface area contributed by atoms with Crippen LogP contribution in [-0.4, -0.2) is 71.0 Å². The van der Waals surface area contributed by atoms with Crippen LogP contribution in [0.15, 0.2) is 28.8 Å². The second kappa shape index (κ2) is 10.4. The molecule has 2 aromatic rings. The lowest BCUT2D eigenvalue weighted by molar-refractivity contribution is -0.133. The highest BCUT2D eigenvalue weighted by molar-refractivity contribution is 6.30. The number of hydrogen-bond donors (Lipinski definition) is 1.